The molecule has 0 atom stereocenters. The van der Waals surface area contributed by atoms with Crippen LogP contribution in [0.2, 0.25) is 0 Å². The van der Waals surface area contributed by atoms with Crippen LogP contribution in [0, 0.1) is 0 Å². The Balaban J connectivity index is 0. The predicted molar refractivity (Wildman–Crippen MR) is 46.9 cm³/mol. The number of hydrogen-bond acceptors (Lipinski definition) is 2. The average molecular weight is 180 g/mol. The number of carbonyl (C=O) groups is 1. The van der Waals surface area contributed by atoms with Crippen molar-refractivity contribution in [2.24, 2.45) is 5.73 Å². The van der Waals surface area contributed by atoms with Crippen molar-refractivity contribution in [3.63, 3.8) is 0 Å². The van der Waals surface area contributed by atoms with Crippen LogP contribution >= 0.6 is 12.4 Å². The summed E-state index contributed by atoms with van der Waals surface area (Å²) in [5.41, 5.74) is 6.47. The Morgan fingerprint density at radius 3 is 2.00 bits per heavy atom. The molecule has 0 saturated carbocycles. The maximum absolute atomic E-state index is 10.4. The van der Waals surface area contributed by atoms with Gasteiger partial charge in [-0.15, -0.1) is 12.4 Å². The summed E-state index contributed by atoms with van der Waals surface area (Å²) in [6.07, 6.45) is 0.456. The van der Waals surface area contributed by atoms with Gasteiger partial charge in [-0.2, -0.15) is 0 Å². The van der Waals surface area contributed by atoms with Gasteiger partial charge in [-0.05, 0) is 26.8 Å². The molecule has 0 fully saturated rings. The van der Waals surface area contributed by atoms with E-state index >= 15 is 0 Å². The molecule has 0 aliphatic heterocycles. The molecule has 0 aliphatic rings. The Morgan fingerprint density at radius 1 is 1.45 bits per heavy atom. The average Bonchev–Trinajstić information content (AvgIpc) is 1.81. The fraction of sp³-hybridized carbons (Fsp3) is 0.571. The fourth-order valence-electron chi connectivity index (χ4n) is 0.715. The minimum atomic E-state index is -0.856. The lowest BCUT2D eigenvalue weighted by molar-refractivity contribution is -0.132. The van der Waals surface area contributed by atoms with Gasteiger partial charge in [-0.1, -0.05) is 5.57 Å². The molecule has 0 saturated heterocycles. The standard InChI is InChI=1S/C7H13NO2.ClH/c1-5(2)6(3-4-8)7(9)10;/h3-4,8H2,1-2H3,(H,9,10);1H. The van der Waals surface area contributed by atoms with Crippen LogP contribution in [0.3, 0.4) is 0 Å². The molecule has 0 bridgehead atoms. The van der Waals surface area contributed by atoms with Gasteiger partial charge in [0.05, 0.1) is 0 Å². The zero-order valence-corrected chi connectivity index (χ0v) is 7.57. The molecule has 0 unspecified atom stereocenters. The van der Waals surface area contributed by atoms with E-state index in [0.29, 0.717) is 18.5 Å². The lowest BCUT2D eigenvalue weighted by Crippen LogP contribution is -2.08. The molecule has 0 aromatic rings. The van der Waals surface area contributed by atoms with E-state index in [9.17, 15) is 4.79 Å². The van der Waals surface area contributed by atoms with Crippen LogP contribution in [0.15, 0.2) is 11.1 Å². The number of carboxylic acids is 1. The van der Waals surface area contributed by atoms with E-state index in [0.717, 1.165) is 5.57 Å². The third-order valence-corrected chi connectivity index (χ3v) is 1.26. The SMILES string of the molecule is CC(C)=C(CCN)C(=O)O.Cl. The first-order chi connectivity index (χ1) is 4.59. The number of halogens is 1. The second kappa shape index (κ2) is 6.19. The number of hydrogen-bond donors (Lipinski definition) is 2. The quantitative estimate of drug-likeness (QED) is 0.640. The maximum Gasteiger partial charge on any atom is 0.331 e. The monoisotopic (exact) mass is 179 g/mol. The van der Waals surface area contributed by atoms with E-state index in [1.807, 2.05) is 0 Å². The van der Waals surface area contributed by atoms with Crippen molar-refractivity contribution in [3.05, 3.63) is 11.1 Å². The molecular formula is C7H14ClNO2. The first kappa shape index (κ1) is 13.1. The second-order valence-corrected chi connectivity index (χ2v) is 2.32. The molecule has 0 rings (SSSR count). The van der Waals surface area contributed by atoms with Crippen LogP contribution < -0.4 is 5.73 Å². The van der Waals surface area contributed by atoms with Gasteiger partial charge in [0.2, 0.25) is 0 Å². The van der Waals surface area contributed by atoms with Crippen molar-refractivity contribution in [3.8, 4) is 0 Å². The van der Waals surface area contributed by atoms with Crippen LogP contribution in [-0.2, 0) is 4.79 Å². The van der Waals surface area contributed by atoms with Gasteiger partial charge in [0, 0.05) is 5.57 Å². The summed E-state index contributed by atoms with van der Waals surface area (Å²) in [4.78, 5) is 10.4. The van der Waals surface area contributed by atoms with E-state index in [1.54, 1.807) is 13.8 Å². The highest BCUT2D eigenvalue weighted by molar-refractivity contribution is 5.87. The first-order valence-electron chi connectivity index (χ1n) is 3.19. The predicted octanol–water partition coefficient (Wildman–Crippen LogP) is 1.18. The molecule has 4 heteroatoms. The van der Waals surface area contributed by atoms with E-state index in [4.69, 9.17) is 10.8 Å². The third kappa shape index (κ3) is 4.81. The van der Waals surface area contributed by atoms with Gasteiger partial charge >= 0.3 is 5.97 Å². The molecule has 0 aromatic heterocycles. The van der Waals surface area contributed by atoms with Crippen molar-refractivity contribution in [2.45, 2.75) is 20.3 Å². The summed E-state index contributed by atoms with van der Waals surface area (Å²) in [7, 11) is 0. The Kier molecular flexibility index (Phi) is 7.36. The van der Waals surface area contributed by atoms with Crippen molar-refractivity contribution < 1.29 is 9.90 Å². The molecule has 11 heavy (non-hydrogen) atoms. The lowest BCUT2D eigenvalue weighted by atomic mass is 10.1. The normalized spacial score (nSPS) is 8.27. The number of allylic oxidation sites excluding steroid dienone is 1. The van der Waals surface area contributed by atoms with Gasteiger partial charge in [0.15, 0.2) is 0 Å². The lowest BCUT2D eigenvalue weighted by Gasteiger charge is -2.00. The Labute approximate surface area is 72.7 Å². The minimum Gasteiger partial charge on any atom is -0.478 e. The first-order valence-corrected chi connectivity index (χ1v) is 3.19. The molecule has 0 aliphatic carbocycles. The molecule has 66 valence electrons. The van der Waals surface area contributed by atoms with E-state index in [2.05, 4.69) is 0 Å². The molecule has 0 amide bonds. The molecule has 0 spiro atoms. The summed E-state index contributed by atoms with van der Waals surface area (Å²) in [6.45, 7) is 3.95. The number of aliphatic carboxylic acids is 1. The summed E-state index contributed by atoms with van der Waals surface area (Å²) in [6, 6.07) is 0. The van der Waals surface area contributed by atoms with Crippen LogP contribution in [0.4, 0.5) is 0 Å². The molecule has 0 radical (unpaired) electrons. The van der Waals surface area contributed by atoms with Crippen LogP contribution in [0.1, 0.15) is 20.3 Å². The van der Waals surface area contributed by atoms with E-state index < -0.39 is 5.97 Å². The fourth-order valence-corrected chi connectivity index (χ4v) is 0.715. The Morgan fingerprint density at radius 2 is 1.91 bits per heavy atom. The van der Waals surface area contributed by atoms with Gasteiger partial charge in [0.1, 0.15) is 0 Å². The third-order valence-electron chi connectivity index (χ3n) is 1.26. The van der Waals surface area contributed by atoms with Gasteiger partial charge in [-0.25, -0.2) is 4.79 Å². The molecular weight excluding hydrogens is 166 g/mol. The van der Waals surface area contributed by atoms with Crippen LogP contribution in [0.5, 0.6) is 0 Å². The van der Waals surface area contributed by atoms with Crippen LogP contribution in [-0.4, -0.2) is 17.6 Å². The summed E-state index contributed by atoms with van der Waals surface area (Å²) in [5, 5.41) is 8.56. The Bertz CT molecular complexity index is 162. The molecule has 3 nitrogen and oxygen atoms in total. The van der Waals surface area contributed by atoms with Crippen molar-refractivity contribution >= 4 is 18.4 Å². The number of rotatable bonds is 3. The maximum atomic E-state index is 10.4. The zero-order chi connectivity index (χ0) is 8.15. The van der Waals surface area contributed by atoms with E-state index in [-0.39, 0.29) is 12.4 Å². The van der Waals surface area contributed by atoms with Crippen LogP contribution in [0.25, 0.3) is 0 Å². The van der Waals surface area contributed by atoms with E-state index in [1.165, 1.54) is 0 Å². The zero-order valence-electron chi connectivity index (χ0n) is 6.76. The minimum absolute atomic E-state index is 0. The highest BCUT2D eigenvalue weighted by Crippen LogP contribution is 2.06. The molecule has 0 aromatic carbocycles. The topological polar surface area (TPSA) is 63.3 Å². The highest BCUT2D eigenvalue weighted by Gasteiger charge is 2.06. The van der Waals surface area contributed by atoms with Crippen molar-refractivity contribution in [1.82, 2.24) is 0 Å². The summed E-state index contributed by atoms with van der Waals surface area (Å²) in [5.74, 6) is -0.856. The molecule has 0 heterocycles. The number of nitrogens with two attached hydrogens (primary N) is 1. The van der Waals surface area contributed by atoms with Gasteiger partial charge in [0.25, 0.3) is 0 Å². The summed E-state index contributed by atoms with van der Waals surface area (Å²) >= 11 is 0. The number of carboxylic acid groups (broad SMARTS) is 1. The van der Waals surface area contributed by atoms with Crippen molar-refractivity contribution in [1.29, 1.82) is 0 Å². The molecule has 3 N–H and O–H groups in total. The van der Waals surface area contributed by atoms with Gasteiger partial charge in [-0.3, -0.25) is 0 Å². The van der Waals surface area contributed by atoms with Gasteiger partial charge < -0.3 is 10.8 Å². The Hall–Kier alpha value is -0.540. The smallest absolute Gasteiger partial charge is 0.331 e. The highest BCUT2D eigenvalue weighted by atomic mass is 35.5. The summed E-state index contributed by atoms with van der Waals surface area (Å²) < 4.78 is 0. The largest absolute Gasteiger partial charge is 0.478 e. The van der Waals surface area contributed by atoms with Crippen molar-refractivity contribution in [2.75, 3.05) is 6.54 Å². The second-order valence-electron chi connectivity index (χ2n) is 2.32.